The summed E-state index contributed by atoms with van der Waals surface area (Å²) in [4.78, 5) is 24.4. The highest BCUT2D eigenvalue weighted by Crippen LogP contribution is 2.29. The van der Waals surface area contributed by atoms with E-state index in [4.69, 9.17) is 18.9 Å². The molecule has 0 aliphatic heterocycles. The van der Waals surface area contributed by atoms with Crippen LogP contribution in [0.4, 0.5) is 11.4 Å². The maximum Gasteiger partial charge on any atom is 0.262 e. The number of ether oxygens (including phenoxy) is 4. The zero-order chi connectivity index (χ0) is 31.0. The summed E-state index contributed by atoms with van der Waals surface area (Å²) in [5.74, 6) is 1.64. The molecule has 2 amide bonds. The third-order valence-electron chi connectivity index (χ3n) is 6.43. The van der Waals surface area contributed by atoms with Crippen LogP contribution in [0.15, 0.2) is 97.1 Å². The summed E-state index contributed by atoms with van der Waals surface area (Å²) in [7, 11) is 3.15. The Labute approximate surface area is 282 Å². The number of amides is 2. The molecule has 0 fully saturated rings. The van der Waals surface area contributed by atoms with Crippen molar-refractivity contribution < 1.29 is 28.5 Å². The molecule has 46 heavy (non-hydrogen) atoms. The Balaban J connectivity index is 0.00000368. The molecule has 4 rings (SSSR count). The molecule has 0 unspecified atom stereocenters. The number of nitrogens with one attached hydrogen (secondary N) is 4. The second-order valence-corrected chi connectivity index (χ2v) is 9.73. The molecule has 0 radical (unpaired) electrons. The Kier molecular flexibility index (Phi) is 16.8. The van der Waals surface area contributed by atoms with Crippen molar-refractivity contribution in [1.29, 1.82) is 0 Å². The minimum atomic E-state index is -0.247. The number of carbonyl (C=O) groups excluding carboxylic acids is 2. The van der Waals surface area contributed by atoms with Gasteiger partial charge in [-0.15, -0.1) is 24.8 Å². The zero-order valence-electron chi connectivity index (χ0n) is 25.7. The molecule has 0 heterocycles. The van der Waals surface area contributed by atoms with Gasteiger partial charge in [0.15, 0.2) is 36.2 Å². The highest BCUT2D eigenvalue weighted by atomic mass is 35.5. The minimum Gasteiger partial charge on any atom is -0.493 e. The highest BCUT2D eigenvalue weighted by molar-refractivity contribution is 5.92. The fourth-order valence-electron chi connectivity index (χ4n) is 4.25. The molecule has 4 N–H and O–H groups in total. The van der Waals surface area contributed by atoms with Crippen molar-refractivity contribution in [3.63, 3.8) is 0 Å². The second-order valence-electron chi connectivity index (χ2n) is 9.73. The molecule has 0 bridgehead atoms. The van der Waals surface area contributed by atoms with Gasteiger partial charge in [0.1, 0.15) is 0 Å². The molecule has 0 saturated carbocycles. The zero-order valence-corrected chi connectivity index (χ0v) is 27.4. The van der Waals surface area contributed by atoms with E-state index in [9.17, 15) is 9.59 Å². The number of hydrogen-bond acceptors (Lipinski definition) is 8. The van der Waals surface area contributed by atoms with Crippen LogP contribution in [-0.2, 0) is 22.7 Å². The van der Waals surface area contributed by atoms with Crippen LogP contribution in [0, 0.1) is 0 Å². The fourth-order valence-corrected chi connectivity index (χ4v) is 4.25. The Morgan fingerprint density at radius 1 is 0.543 bits per heavy atom. The van der Waals surface area contributed by atoms with Gasteiger partial charge in [0.05, 0.1) is 14.2 Å². The van der Waals surface area contributed by atoms with Gasteiger partial charge in [-0.25, -0.2) is 0 Å². The van der Waals surface area contributed by atoms with Crippen LogP contribution in [-0.4, -0.2) is 52.3 Å². The van der Waals surface area contributed by atoms with Gasteiger partial charge in [0.2, 0.25) is 0 Å². The van der Waals surface area contributed by atoms with E-state index in [1.165, 1.54) is 0 Å². The summed E-state index contributed by atoms with van der Waals surface area (Å²) < 4.78 is 22.3. The lowest BCUT2D eigenvalue weighted by Gasteiger charge is -2.14. The van der Waals surface area contributed by atoms with Crippen molar-refractivity contribution in [2.45, 2.75) is 13.1 Å². The number of methoxy groups -OCH3 is 2. The Morgan fingerprint density at radius 3 is 1.30 bits per heavy atom. The summed E-state index contributed by atoms with van der Waals surface area (Å²) in [6, 6.07) is 29.7. The van der Waals surface area contributed by atoms with Crippen LogP contribution in [0.1, 0.15) is 11.1 Å². The Hall–Kier alpha value is -4.48. The average molecular weight is 672 g/mol. The Morgan fingerprint density at radius 2 is 0.935 bits per heavy atom. The fraction of sp³-hybridized carbons (Fsp3) is 0.235. The van der Waals surface area contributed by atoms with Gasteiger partial charge >= 0.3 is 0 Å². The molecule has 4 aromatic carbocycles. The van der Waals surface area contributed by atoms with Crippen molar-refractivity contribution in [2.75, 3.05) is 51.2 Å². The van der Waals surface area contributed by atoms with Gasteiger partial charge in [-0.05, 0) is 59.7 Å². The molecule has 4 aromatic rings. The molecule has 10 nitrogen and oxygen atoms in total. The molecule has 0 saturated heterocycles. The number of carbonyl (C=O) groups is 2. The lowest BCUT2D eigenvalue weighted by atomic mass is 10.2. The largest absolute Gasteiger partial charge is 0.493 e. The van der Waals surface area contributed by atoms with Crippen molar-refractivity contribution in [1.82, 2.24) is 10.6 Å². The van der Waals surface area contributed by atoms with Crippen LogP contribution in [0.3, 0.4) is 0 Å². The molecule has 0 aliphatic rings. The molecule has 246 valence electrons. The minimum absolute atomic E-state index is 0. The summed E-state index contributed by atoms with van der Waals surface area (Å²) in [6.07, 6.45) is 0. The van der Waals surface area contributed by atoms with E-state index in [0.29, 0.717) is 47.5 Å². The van der Waals surface area contributed by atoms with E-state index in [1.54, 1.807) is 26.4 Å². The third-order valence-corrected chi connectivity index (χ3v) is 6.43. The van der Waals surface area contributed by atoms with E-state index in [0.717, 1.165) is 24.2 Å². The molecule has 0 aliphatic carbocycles. The number of halogens is 2. The maximum atomic E-state index is 12.2. The van der Waals surface area contributed by atoms with E-state index in [1.807, 2.05) is 84.9 Å². The van der Waals surface area contributed by atoms with Gasteiger partial charge in [0.25, 0.3) is 11.8 Å². The molecule has 0 aromatic heterocycles. The topological polar surface area (TPSA) is 119 Å². The predicted molar refractivity (Wildman–Crippen MR) is 185 cm³/mol. The third kappa shape index (κ3) is 12.5. The van der Waals surface area contributed by atoms with Crippen molar-refractivity contribution in [3.8, 4) is 23.0 Å². The van der Waals surface area contributed by atoms with Gasteiger partial charge in [0, 0.05) is 37.6 Å². The number of anilines is 2. The summed E-state index contributed by atoms with van der Waals surface area (Å²) in [6.45, 7) is 2.53. The standard InChI is InChI=1S/C34H38N4O6.2ClH/c1-41-31-19-25(13-15-29(31)43-23-33(39)37-27-9-5-3-6-10-27)21-35-17-18-36-22-26-14-16-30(32(20-26)42-2)44-24-34(40)38-28-11-7-4-8-12-28;;/h3-16,19-20,35-36H,17-18,21-24H2,1-2H3,(H,37,39)(H,38,40);2*1H. The van der Waals surface area contributed by atoms with Gasteiger partial charge < -0.3 is 40.2 Å². The van der Waals surface area contributed by atoms with Gasteiger partial charge in [-0.2, -0.15) is 0 Å². The lowest BCUT2D eigenvalue weighted by Crippen LogP contribution is -2.26. The average Bonchev–Trinajstić information content (AvgIpc) is 3.05. The monoisotopic (exact) mass is 670 g/mol. The first-order valence-electron chi connectivity index (χ1n) is 14.2. The second kappa shape index (κ2) is 20.5. The van der Waals surface area contributed by atoms with E-state index >= 15 is 0 Å². The normalized spacial score (nSPS) is 10.0. The highest BCUT2D eigenvalue weighted by Gasteiger charge is 2.11. The summed E-state index contributed by atoms with van der Waals surface area (Å²) >= 11 is 0. The van der Waals surface area contributed by atoms with Crippen LogP contribution in [0.2, 0.25) is 0 Å². The lowest BCUT2D eigenvalue weighted by molar-refractivity contribution is -0.118. The quantitative estimate of drug-likeness (QED) is 0.109. The molecule has 0 spiro atoms. The maximum absolute atomic E-state index is 12.2. The predicted octanol–water partition coefficient (Wildman–Crippen LogP) is 5.46. The molecular formula is C34H40Cl2N4O6. The van der Waals surface area contributed by atoms with E-state index in [2.05, 4.69) is 21.3 Å². The van der Waals surface area contributed by atoms with Crippen LogP contribution < -0.4 is 40.2 Å². The van der Waals surface area contributed by atoms with E-state index in [-0.39, 0.29) is 49.8 Å². The van der Waals surface area contributed by atoms with Crippen molar-refractivity contribution in [2.24, 2.45) is 0 Å². The smallest absolute Gasteiger partial charge is 0.262 e. The number of benzene rings is 4. The Bertz CT molecular complexity index is 1380. The summed E-state index contributed by atoms with van der Waals surface area (Å²) in [5.41, 5.74) is 3.49. The molecule has 0 atom stereocenters. The number of rotatable bonds is 17. The van der Waals surface area contributed by atoms with Crippen molar-refractivity contribution >= 4 is 48.0 Å². The first kappa shape index (κ1) is 37.7. The van der Waals surface area contributed by atoms with Gasteiger partial charge in [-0.3, -0.25) is 9.59 Å². The first-order valence-corrected chi connectivity index (χ1v) is 14.2. The van der Waals surface area contributed by atoms with Crippen LogP contribution in [0.25, 0.3) is 0 Å². The van der Waals surface area contributed by atoms with Gasteiger partial charge in [-0.1, -0.05) is 48.5 Å². The number of hydrogen-bond donors (Lipinski definition) is 4. The van der Waals surface area contributed by atoms with E-state index < -0.39 is 0 Å². The first-order chi connectivity index (χ1) is 21.5. The SMILES string of the molecule is COc1cc(CNCCNCc2ccc(OCC(=O)Nc3ccccc3)c(OC)c2)ccc1OCC(=O)Nc1ccccc1.Cl.Cl. The van der Waals surface area contributed by atoms with Crippen LogP contribution in [0.5, 0.6) is 23.0 Å². The molecule has 12 heteroatoms. The number of para-hydroxylation sites is 2. The molecular weight excluding hydrogens is 631 g/mol. The summed E-state index contributed by atoms with van der Waals surface area (Å²) in [5, 5.41) is 12.4. The van der Waals surface area contributed by atoms with Crippen molar-refractivity contribution in [3.05, 3.63) is 108 Å². The van der Waals surface area contributed by atoms with Crippen LogP contribution >= 0.6 is 24.8 Å².